The summed E-state index contributed by atoms with van der Waals surface area (Å²) in [6, 6.07) is 53.6. The zero-order valence-electron chi connectivity index (χ0n) is 37.0. The van der Waals surface area contributed by atoms with Gasteiger partial charge in [0.05, 0.1) is 0 Å². The molecule has 0 saturated carbocycles. The molecule has 0 fully saturated rings. The minimum Gasteiger partial charge on any atom is -1.00 e. The van der Waals surface area contributed by atoms with E-state index >= 15 is 8.78 Å². The van der Waals surface area contributed by atoms with Gasteiger partial charge in [0.2, 0.25) is 0 Å². The second-order valence-corrected chi connectivity index (χ2v) is 26.3. The van der Waals surface area contributed by atoms with Gasteiger partial charge in [-0.05, 0) is 0 Å². The number of halogens is 4. The molecule has 4 aliphatic carbocycles. The molecule has 5 heteroatoms. The number of hydrogen-bond acceptors (Lipinski definition) is 0. The molecular weight excluding hydrogens is 1020 g/mol. The maximum absolute atomic E-state index is 16.2. The summed E-state index contributed by atoms with van der Waals surface area (Å²) >= 11 is -3.50. The van der Waals surface area contributed by atoms with Crippen molar-refractivity contribution in [3.8, 4) is 22.3 Å². The molecule has 6 aromatic carbocycles. The van der Waals surface area contributed by atoms with Crippen LogP contribution in [0.25, 0.3) is 22.3 Å². The third-order valence-electron chi connectivity index (χ3n) is 13.5. The van der Waals surface area contributed by atoms with Gasteiger partial charge in [-0.2, -0.15) is 0 Å². The second-order valence-electron chi connectivity index (χ2n) is 17.0. The Labute approximate surface area is 408 Å². The minimum absolute atomic E-state index is 0. The molecule has 0 N–H and O–H groups in total. The van der Waals surface area contributed by atoms with Crippen LogP contribution in [-0.4, -0.2) is 3.26 Å². The van der Waals surface area contributed by atoms with E-state index in [-0.39, 0.29) is 55.6 Å². The SMILES string of the molecule is CCC1=CC2=C(C=CC=CC2c2ccc(-c3ccccc3)c(F)c2)[CH]1[Hf+2](=[C](c1ccccc1)c1ccccc1)[CH]1C(CC)=CC2=C1C=CC=CC2c1ccc(-c2ccccc2)c(F)c1.[Cl-].[Cl-]. The maximum atomic E-state index is 16.2. The number of allylic oxidation sites excluding steroid dienone is 16. The molecule has 0 heterocycles. The molecular formula is C61H50Cl2F2Hf. The van der Waals surface area contributed by atoms with E-state index in [9.17, 15) is 0 Å². The molecule has 0 spiro atoms. The van der Waals surface area contributed by atoms with Gasteiger partial charge in [0, 0.05) is 0 Å². The van der Waals surface area contributed by atoms with Crippen molar-refractivity contribution in [2.45, 2.75) is 45.9 Å². The summed E-state index contributed by atoms with van der Waals surface area (Å²) < 4.78 is 34.4. The Morgan fingerprint density at radius 3 is 1.20 bits per heavy atom. The first kappa shape index (κ1) is 46.9. The Morgan fingerprint density at radius 1 is 0.455 bits per heavy atom. The van der Waals surface area contributed by atoms with Gasteiger partial charge in [0.25, 0.3) is 0 Å². The van der Waals surface area contributed by atoms with E-state index in [1.54, 1.807) is 12.1 Å². The van der Waals surface area contributed by atoms with Crippen LogP contribution in [0.15, 0.2) is 252 Å². The van der Waals surface area contributed by atoms with Crippen molar-refractivity contribution in [3.05, 3.63) is 286 Å². The van der Waals surface area contributed by atoms with Crippen molar-refractivity contribution < 1.29 is 54.6 Å². The first-order chi connectivity index (χ1) is 31.5. The molecule has 326 valence electrons. The standard InChI is InChI=1S/2C24H20F.C13H10.2ClH.Hf/c2*1-2-17-14-19-10-6-7-11-21(23(19)15-17)20-12-13-22(24(25)16-20)18-8-4-3-5-9-18;1-3-7-12(8-4-1)11-13-9-5-2-6-10-13;;;/h2*3-16,21H,2H2,1H3;1-10H;2*1H;/q;;;;;+2/p-2. The molecule has 4 unspecified atom stereocenters. The van der Waals surface area contributed by atoms with Gasteiger partial charge in [-0.3, -0.25) is 0 Å². The van der Waals surface area contributed by atoms with Crippen molar-refractivity contribution in [2.75, 3.05) is 0 Å². The zero-order chi connectivity index (χ0) is 43.6. The third kappa shape index (κ3) is 8.98. The van der Waals surface area contributed by atoms with Crippen LogP contribution in [0.1, 0.15) is 60.8 Å². The molecule has 6 aromatic rings. The van der Waals surface area contributed by atoms with E-state index < -0.39 is 21.0 Å². The fraction of sp³-hybridized carbons (Fsp3) is 0.131. The molecule has 0 radical (unpaired) electrons. The first-order valence-electron chi connectivity index (χ1n) is 22.7. The van der Waals surface area contributed by atoms with Crippen molar-refractivity contribution >= 4 is 3.26 Å². The largest absolute Gasteiger partial charge is 1.00 e. The molecule has 4 aliphatic rings. The smallest absolute Gasteiger partial charge is 1.00 e. The van der Waals surface area contributed by atoms with Crippen LogP contribution in [-0.2, 0) is 21.0 Å². The van der Waals surface area contributed by atoms with Gasteiger partial charge in [-0.25, -0.2) is 0 Å². The Kier molecular flexibility index (Phi) is 14.9. The van der Waals surface area contributed by atoms with Gasteiger partial charge in [-0.15, -0.1) is 0 Å². The average Bonchev–Trinajstić information content (AvgIpc) is 3.71. The van der Waals surface area contributed by atoms with E-state index in [0.29, 0.717) is 11.1 Å². The van der Waals surface area contributed by atoms with Crippen LogP contribution in [0.2, 0.25) is 7.35 Å². The number of rotatable bonds is 10. The van der Waals surface area contributed by atoms with Crippen LogP contribution < -0.4 is 24.8 Å². The molecule has 0 bridgehead atoms. The van der Waals surface area contributed by atoms with Gasteiger partial charge in [-0.1, -0.05) is 0 Å². The van der Waals surface area contributed by atoms with E-state index in [1.807, 2.05) is 72.8 Å². The fourth-order valence-corrected chi connectivity index (χ4v) is 26.6. The fourth-order valence-electron chi connectivity index (χ4n) is 10.5. The van der Waals surface area contributed by atoms with Crippen LogP contribution in [0.4, 0.5) is 8.78 Å². The minimum atomic E-state index is -3.50. The first-order valence-corrected chi connectivity index (χ1v) is 28.6. The molecule has 0 amide bonds. The van der Waals surface area contributed by atoms with Crippen molar-refractivity contribution in [3.63, 3.8) is 0 Å². The van der Waals surface area contributed by atoms with Crippen LogP contribution in [0.3, 0.4) is 0 Å². The summed E-state index contributed by atoms with van der Waals surface area (Å²) in [6.45, 7) is 4.63. The second kappa shape index (κ2) is 20.9. The third-order valence-corrected chi connectivity index (χ3v) is 27.0. The summed E-state index contributed by atoms with van der Waals surface area (Å²) in [7, 11) is 0. The van der Waals surface area contributed by atoms with Crippen molar-refractivity contribution in [1.82, 2.24) is 0 Å². The summed E-state index contributed by atoms with van der Waals surface area (Å²) in [5.74, 6) is -0.597. The molecule has 0 nitrogen and oxygen atoms in total. The molecule has 0 saturated heterocycles. The normalized spacial score (nSPS) is 19.1. The summed E-state index contributed by atoms with van der Waals surface area (Å²) in [5, 5.41) is 0. The van der Waals surface area contributed by atoms with Gasteiger partial charge < -0.3 is 24.8 Å². The summed E-state index contributed by atoms with van der Waals surface area (Å²) in [4.78, 5) is 0. The Balaban J connectivity index is 0.00000296. The molecule has 0 aromatic heterocycles. The van der Waals surface area contributed by atoms with Gasteiger partial charge in [0.15, 0.2) is 0 Å². The predicted molar refractivity (Wildman–Crippen MR) is 260 cm³/mol. The van der Waals surface area contributed by atoms with E-state index in [0.717, 1.165) is 35.1 Å². The van der Waals surface area contributed by atoms with E-state index in [2.05, 4.69) is 147 Å². The topological polar surface area (TPSA) is 0 Å². The molecule has 0 aliphatic heterocycles. The molecule has 10 rings (SSSR count). The van der Waals surface area contributed by atoms with Crippen molar-refractivity contribution in [2.24, 2.45) is 0 Å². The number of benzene rings is 6. The van der Waals surface area contributed by atoms with E-state index in [4.69, 9.17) is 0 Å². The number of hydrogen-bond donors (Lipinski definition) is 0. The maximum Gasteiger partial charge on any atom is -1.00 e. The Bertz CT molecular complexity index is 2820. The summed E-state index contributed by atoms with van der Waals surface area (Å²) in [6.07, 6.45) is 24.9. The van der Waals surface area contributed by atoms with Crippen LogP contribution >= 0.6 is 0 Å². The zero-order valence-corrected chi connectivity index (χ0v) is 42.1. The average molecular weight is 1070 g/mol. The van der Waals surface area contributed by atoms with Crippen molar-refractivity contribution in [1.29, 1.82) is 0 Å². The molecule has 4 atom stereocenters. The Morgan fingerprint density at radius 2 is 0.833 bits per heavy atom. The predicted octanol–water partition coefficient (Wildman–Crippen LogP) is 10.2. The van der Waals surface area contributed by atoms with Gasteiger partial charge >= 0.3 is 387 Å². The van der Waals surface area contributed by atoms with E-state index in [1.165, 1.54) is 47.8 Å². The Hall–Kier alpha value is -5.58. The monoisotopic (exact) mass is 1070 g/mol. The van der Waals surface area contributed by atoms with Crippen LogP contribution in [0.5, 0.6) is 0 Å². The van der Waals surface area contributed by atoms with Crippen LogP contribution in [0, 0.1) is 11.6 Å². The quantitative estimate of drug-likeness (QED) is 0.120. The summed E-state index contributed by atoms with van der Waals surface area (Å²) in [5.41, 5.74) is 15.8. The van der Waals surface area contributed by atoms with Gasteiger partial charge in [0.1, 0.15) is 0 Å². The molecule has 66 heavy (non-hydrogen) atoms.